The molecule has 0 aliphatic heterocycles. The molecular weight excluding hydrogens is 297 g/mol. The minimum absolute atomic E-state index is 0.738. The Labute approximate surface area is 109 Å². The Kier molecular flexibility index (Phi) is 4.49. The molecule has 0 radical (unpaired) electrons. The van der Waals surface area contributed by atoms with Crippen LogP contribution in [0.15, 0.2) is 58.6 Å². The van der Waals surface area contributed by atoms with Crippen LogP contribution in [0.25, 0.3) is 0 Å². The molecule has 0 amide bonds. The predicted molar refractivity (Wildman–Crippen MR) is 74.8 cm³/mol. The number of nitrogens with zero attached hydrogens (tertiary/aromatic N) is 1. The van der Waals surface area contributed by atoms with E-state index in [-0.39, 0.29) is 0 Å². The van der Waals surface area contributed by atoms with Crippen molar-refractivity contribution in [2.75, 3.05) is 0 Å². The van der Waals surface area contributed by atoms with Crippen LogP contribution in [0.2, 0.25) is 5.82 Å². The normalized spacial score (nSPS) is 12.8. The van der Waals surface area contributed by atoms with Gasteiger partial charge in [0.2, 0.25) is 0 Å². The van der Waals surface area contributed by atoms with E-state index in [2.05, 4.69) is 22.8 Å². The van der Waals surface area contributed by atoms with Gasteiger partial charge in [-0.1, -0.05) is 0 Å². The minimum atomic E-state index is -1.89. The fourth-order valence-electron chi connectivity index (χ4n) is 1.45. The molecule has 0 fully saturated rings. The van der Waals surface area contributed by atoms with Gasteiger partial charge in [-0.2, -0.15) is 0 Å². The first kappa shape index (κ1) is 12.5. The Morgan fingerprint density at radius 3 is 2.71 bits per heavy atom. The summed E-state index contributed by atoms with van der Waals surface area (Å²) in [6.45, 7) is 0.738. The monoisotopic (exact) mass is 313 g/mol. The maximum atomic E-state index is 11.2. The second-order valence-corrected chi connectivity index (χ2v) is 7.79. The third kappa shape index (κ3) is 3.77. The van der Waals surface area contributed by atoms with E-state index in [1.165, 1.54) is 9.92 Å². The van der Waals surface area contributed by atoms with Crippen LogP contribution < -0.4 is 0 Å². The number of aromatic nitrogens is 1. The fraction of sp³-hybridized carbons (Fsp3) is 0.154. The van der Waals surface area contributed by atoms with E-state index in [0.717, 1.165) is 6.54 Å². The maximum absolute atomic E-state index is 11.2. The summed E-state index contributed by atoms with van der Waals surface area (Å²) in [5.41, 5.74) is 0. The average Bonchev–Trinajstić information content (AvgIpc) is 2.75. The van der Waals surface area contributed by atoms with E-state index in [1.807, 2.05) is 35.4 Å². The molecule has 4 heteroatoms. The van der Waals surface area contributed by atoms with Gasteiger partial charge >= 0.3 is 109 Å². The van der Waals surface area contributed by atoms with Crippen LogP contribution in [-0.4, -0.2) is 22.9 Å². The molecule has 1 unspecified atom stereocenters. The molecule has 0 aliphatic rings. The molecule has 1 aromatic heterocycles. The van der Waals surface area contributed by atoms with Gasteiger partial charge in [-0.05, 0) is 0 Å². The Morgan fingerprint density at radius 2 is 2.00 bits per heavy atom. The number of hydrogen-bond donors (Lipinski definition) is 0. The van der Waals surface area contributed by atoms with Crippen molar-refractivity contribution in [2.24, 2.45) is 0 Å². The van der Waals surface area contributed by atoms with Gasteiger partial charge in [-0.3, -0.25) is 0 Å². The molecule has 0 N–H and O–H groups in total. The van der Waals surface area contributed by atoms with E-state index >= 15 is 0 Å². The van der Waals surface area contributed by atoms with Crippen LogP contribution >= 0.6 is 11.8 Å². The van der Waals surface area contributed by atoms with Crippen LogP contribution in [0, 0.1) is 0 Å². The van der Waals surface area contributed by atoms with Crippen molar-refractivity contribution < 1.29 is 3.83 Å². The van der Waals surface area contributed by atoms with Crippen molar-refractivity contribution in [1.82, 2.24) is 4.57 Å². The van der Waals surface area contributed by atoms with E-state index in [0.29, 0.717) is 0 Å². The summed E-state index contributed by atoms with van der Waals surface area (Å²) < 4.78 is 13.3. The molecule has 1 atom stereocenters. The molecule has 0 saturated heterocycles. The third-order valence-corrected chi connectivity index (χ3v) is 4.80. The standard InChI is InChI=1S/C13H15NOSSe/c1-17(15)11-10-14-9-5-8-13(14)16-12-6-3-2-4-7-12/h2-9,11,17H,10H2,1H3. The van der Waals surface area contributed by atoms with Crippen LogP contribution in [-0.2, 0) is 10.4 Å². The van der Waals surface area contributed by atoms with Gasteiger partial charge in [0.05, 0.1) is 0 Å². The molecular formula is C13H15NOSSe. The molecule has 2 aromatic rings. The molecule has 2 rings (SSSR count). The summed E-state index contributed by atoms with van der Waals surface area (Å²) in [6, 6.07) is 14.4. The van der Waals surface area contributed by atoms with E-state index in [9.17, 15) is 3.83 Å². The molecule has 2 nitrogen and oxygen atoms in total. The van der Waals surface area contributed by atoms with Crippen LogP contribution in [0.4, 0.5) is 0 Å². The van der Waals surface area contributed by atoms with Gasteiger partial charge in [0.1, 0.15) is 0 Å². The van der Waals surface area contributed by atoms with Gasteiger partial charge in [0.15, 0.2) is 0 Å². The zero-order valence-electron chi connectivity index (χ0n) is 9.61. The van der Waals surface area contributed by atoms with Crippen molar-refractivity contribution >= 4 is 30.1 Å². The van der Waals surface area contributed by atoms with Gasteiger partial charge in [-0.15, -0.1) is 0 Å². The molecule has 0 bridgehead atoms. The van der Waals surface area contributed by atoms with Crippen LogP contribution in [0.3, 0.4) is 0 Å². The summed E-state index contributed by atoms with van der Waals surface area (Å²) >= 11 is -0.157. The fourth-order valence-corrected chi connectivity index (χ4v) is 3.24. The first-order chi connectivity index (χ1) is 8.25. The van der Waals surface area contributed by atoms with Crippen molar-refractivity contribution in [3.05, 3.63) is 48.7 Å². The predicted octanol–water partition coefficient (Wildman–Crippen LogP) is 2.81. The Hall–Kier alpha value is -0.961. The number of hydrogen-bond acceptors (Lipinski definition) is 2. The first-order valence-corrected chi connectivity index (χ1v) is 9.91. The first-order valence-electron chi connectivity index (χ1n) is 5.37. The van der Waals surface area contributed by atoms with Gasteiger partial charge in [-0.25, -0.2) is 0 Å². The number of rotatable bonds is 4. The van der Waals surface area contributed by atoms with E-state index in [1.54, 1.807) is 17.6 Å². The second-order valence-electron chi connectivity index (χ2n) is 3.64. The summed E-state index contributed by atoms with van der Waals surface area (Å²) in [7, 11) is 0. The van der Waals surface area contributed by atoms with Crippen molar-refractivity contribution in [3.63, 3.8) is 0 Å². The third-order valence-electron chi connectivity index (χ3n) is 2.29. The van der Waals surface area contributed by atoms with Crippen molar-refractivity contribution in [1.29, 1.82) is 0 Å². The summed E-state index contributed by atoms with van der Waals surface area (Å²) in [5, 5.41) is 1.18. The van der Waals surface area contributed by atoms with Gasteiger partial charge in [0.25, 0.3) is 0 Å². The quantitative estimate of drug-likeness (QED) is 0.810. The molecule has 0 spiro atoms. The Morgan fingerprint density at radius 1 is 1.24 bits per heavy atom. The second kappa shape index (κ2) is 6.10. The van der Waals surface area contributed by atoms with Crippen LogP contribution in [0.1, 0.15) is 0 Å². The molecule has 1 heterocycles. The molecule has 0 aliphatic carbocycles. The van der Waals surface area contributed by atoms with Gasteiger partial charge < -0.3 is 0 Å². The van der Waals surface area contributed by atoms with Crippen molar-refractivity contribution in [2.45, 2.75) is 22.3 Å². The Balaban J connectivity index is 2.14. The molecule has 90 valence electrons. The molecule has 1 aromatic carbocycles. The zero-order chi connectivity index (χ0) is 12.1. The molecule has 17 heavy (non-hydrogen) atoms. The Bertz CT molecular complexity index is 556. The molecule has 0 saturated carbocycles. The summed E-state index contributed by atoms with van der Waals surface area (Å²) in [5.74, 6) is 1.81. The number of benzene rings is 1. The van der Waals surface area contributed by atoms with Crippen LogP contribution in [0.5, 0.6) is 0 Å². The van der Waals surface area contributed by atoms with Gasteiger partial charge in [0, 0.05) is 0 Å². The topological polar surface area (TPSA) is 22.0 Å². The summed E-state index contributed by atoms with van der Waals surface area (Å²) in [6.07, 6.45) is 2.03. The zero-order valence-corrected chi connectivity index (χ0v) is 12.3. The average molecular weight is 312 g/mol. The summed E-state index contributed by atoms with van der Waals surface area (Å²) in [4.78, 5) is 3.14. The van der Waals surface area contributed by atoms with Crippen molar-refractivity contribution in [3.8, 4) is 0 Å². The SMILES string of the molecule is C[SeH](=O)=CCn1cccc1Sc1ccccc1. The van der Waals surface area contributed by atoms with E-state index in [4.69, 9.17) is 0 Å². The van der Waals surface area contributed by atoms with E-state index < -0.39 is 13.4 Å².